The summed E-state index contributed by atoms with van der Waals surface area (Å²) < 4.78 is 17.9. The molecule has 1 aromatic carbocycles. The molecule has 0 aliphatic carbocycles. The minimum Gasteiger partial charge on any atom is -0.469 e. The second kappa shape index (κ2) is 10.1. The number of hydrogen-bond acceptors (Lipinski definition) is 4. The maximum absolute atomic E-state index is 12.9. The Bertz CT molecular complexity index is 820. The molecule has 0 saturated heterocycles. The SMILES string of the molecule is CCC[C@H](NC(=O)NCc1ccc(F)cc1)C(=O)NNC(=O)c1ccoc1C. The van der Waals surface area contributed by atoms with Crippen LogP contribution >= 0.6 is 0 Å². The van der Waals surface area contributed by atoms with Crippen molar-refractivity contribution in [2.24, 2.45) is 0 Å². The lowest BCUT2D eigenvalue weighted by molar-refractivity contribution is -0.123. The zero-order chi connectivity index (χ0) is 20.5. The van der Waals surface area contributed by atoms with Crippen LogP contribution in [0.3, 0.4) is 0 Å². The first-order valence-electron chi connectivity index (χ1n) is 8.83. The number of nitrogens with one attached hydrogen (secondary N) is 4. The van der Waals surface area contributed by atoms with E-state index in [1.165, 1.54) is 24.5 Å². The van der Waals surface area contributed by atoms with Gasteiger partial charge in [-0.15, -0.1) is 0 Å². The minimum absolute atomic E-state index is 0.184. The molecule has 0 aliphatic rings. The molecule has 0 radical (unpaired) electrons. The smallest absolute Gasteiger partial charge is 0.315 e. The molecule has 1 heterocycles. The summed E-state index contributed by atoms with van der Waals surface area (Å²) in [6, 6.07) is 5.82. The van der Waals surface area contributed by atoms with Crippen molar-refractivity contribution in [3.8, 4) is 0 Å². The van der Waals surface area contributed by atoms with Gasteiger partial charge >= 0.3 is 6.03 Å². The predicted molar refractivity (Wildman–Crippen MR) is 99.5 cm³/mol. The highest BCUT2D eigenvalue weighted by Gasteiger charge is 2.21. The van der Waals surface area contributed by atoms with Crippen molar-refractivity contribution in [1.29, 1.82) is 0 Å². The number of aryl methyl sites for hydroxylation is 1. The second-order valence-corrected chi connectivity index (χ2v) is 6.13. The molecule has 0 aliphatic heterocycles. The lowest BCUT2D eigenvalue weighted by atomic mass is 10.1. The van der Waals surface area contributed by atoms with Crippen LogP contribution in [0.4, 0.5) is 9.18 Å². The van der Waals surface area contributed by atoms with E-state index in [1.54, 1.807) is 19.1 Å². The predicted octanol–water partition coefficient (Wildman–Crippen LogP) is 2.16. The molecule has 28 heavy (non-hydrogen) atoms. The molecule has 4 amide bonds. The number of halogens is 1. The number of furan rings is 1. The highest BCUT2D eigenvalue weighted by Crippen LogP contribution is 2.07. The van der Waals surface area contributed by atoms with Crippen molar-refractivity contribution in [1.82, 2.24) is 21.5 Å². The molecule has 8 nitrogen and oxygen atoms in total. The van der Waals surface area contributed by atoms with Crippen LogP contribution in [0.25, 0.3) is 0 Å². The van der Waals surface area contributed by atoms with Crippen molar-refractivity contribution < 1.29 is 23.2 Å². The third-order valence-electron chi connectivity index (χ3n) is 3.97. The largest absolute Gasteiger partial charge is 0.469 e. The molecule has 2 rings (SSSR count). The first kappa shape index (κ1) is 20.9. The maximum atomic E-state index is 12.9. The molecule has 1 atom stereocenters. The lowest BCUT2D eigenvalue weighted by Crippen LogP contribution is -2.54. The van der Waals surface area contributed by atoms with Crippen molar-refractivity contribution in [2.75, 3.05) is 0 Å². The van der Waals surface area contributed by atoms with E-state index in [2.05, 4.69) is 21.5 Å². The Hall–Kier alpha value is -3.36. The van der Waals surface area contributed by atoms with E-state index in [0.717, 1.165) is 5.56 Å². The Balaban J connectivity index is 1.84. The first-order chi connectivity index (χ1) is 13.4. The summed E-state index contributed by atoms with van der Waals surface area (Å²) in [6.07, 6.45) is 2.40. The van der Waals surface area contributed by atoms with Gasteiger partial charge in [-0.2, -0.15) is 0 Å². The average Bonchev–Trinajstić information content (AvgIpc) is 3.11. The highest BCUT2D eigenvalue weighted by atomic mass is 19.1. The van der Waals surface area contributed by atoms with Crippen LogP contribution in [0.15, 0.2) is 41.0 Å². The van der Waals surface area contributed by atoms with Crippen molar-refractivity contribution in [2.45, 2.75) is 39.3 Å². The Morgan fingerprint density at radius 2 is 1.82 bits per heavy atom. The number of urea groups is 1. The van der Waals surface area contributed by atoms with E-state index >= 15 is 0 Å². The summed E-state index contributed by atoms with van der Waals surface area (Å²) in [5.74, 6) is -1.00. The summed E-state index contributed by atoms with van der Waals surface area (Å²) >= 11 is 0. The van der Waals surface area contributed by atoms with Crippen LogP contribution in [0, 0.1) is 12.7 Å². The number of hydrogen-bond donors (Lipinski definition) is 4. The second-order valence-electron chi connectivity index (χ2n) is 6.13. The average molecular weight is 390 g/mol. The maximum Gasteiger partial charge on any atom is 0.315 e. The van der Waals surface area contributed by atoms with Crippen molar-refractivity contribution in [3.63, 3.8) is 0 Å². The van der Waals surface area contributed by atoms with E-state index in [9.17, 15) is 18.8 Å². The number of amides is 4. The Morgan fingerprint density at radius 3 is 2.43 bits per heavy atom. The summed E-state index contributed by atoms with van der Waals surface area (Å²) in [6.45, 7) is 3.68. The fraction of sp³-hybridized carbons (Fsp3) is 0.316. The summed E-state index contributed by atoms with van der Waals surface area (Å²) in [7, 11) is 0. The molecule has 9 heteroatoms. The number of benzene rings is 1. The van der Waals surface area contributed by atoms with E-state index in [-0.39, 0.29) is 12.4 Å². The Kier molecular flexibility index (Phi) is 7.55. The molecule has 0 unspecified atom stereocenters. The number of rotatable bonds is 7. The van der Waals surface area contributed by atoms with Gasteiger partial charge in [-0.3, -0.25) is 20.4 Å². The van der Waals surface area contributed by atoms with Gasteiger partial charge in [-0.1, -0.05) is 25.5 Å². The van der Waals surface area contributed by atoms with Crippen LogP contribution in [0.5, 0.6) is 0 Å². The van der Waals surface area contributed by atoms with Gasteiger partial charge < -0.3 is 15.1 Å². The third-order valence-corrected chi connectivity index (χ3v) is 3.97. The summed E-state index contributed by atoms with van der Waals surface area (Å²) in [5.41, 5.74) is 5.62. The molecule has 0 fully saturated rings. The number of hydrazine groups is 1. The Morgan fingerprint density at radius 1 is 1.11 bits per heavy atom. The van der Waals surface area contributed by atoms with Crippen LogP contribution in [-0.2, 0) is 11.3 Å². The molecule has 150 valence electrons. The van der Waals surface area contributed by atoms with E-state index in [1.807, 2.05) is 6.92 Å². The molecular formula is C19H23FN4O4. The van der Waals surface area contributed by atoms with Gasteiger partial charge in [0.05, 0.1) is 11.8 Å². The number of carbonyl (C=O) groups excluding carboxylic acids is 3. The first-order valence-corrected chi connectivity index (χ1v) is 8.83. The summed E-state index contributed by atoms with van der Waals surface area (Å²) in [4.78, 5) is 36.4. The van der Waals surface area contributed by atoms with Crippen LogP contribution in [-0.4, -0.2) is 23.9 Å². The van der Waals surface area contributed by atoms with Gasteiger partial charge in [0.15, 0.2) is 0 Å². The standard InChI is InChI=1S/C19H23FN4O4/c1-3-4-16(18(26)24-23-17(25)15-9-10-28-12(15)2)22-19(27)21-11-13-5-7-14(20)8-6-13/h5-10,16H,3-4,11H2,1-2H3,(H,23,25)(H,24,26)(H2,21,22,27)/t16-/m0/s1. The molecule has 0 saturated carbocycles. The monoisotopic (exact) mass is 390 g/mol. The summed E-state index contributed by atoms with van der Waals surface area (Å²) in [5, 5.41) is 5.17. The zero-order valence-corrected chi connectivity index (χ0v) is 15.7. The fourth-order valence-electron chi connectivity index (χ4n) is 2.44. The quantitative estimate of drug-likeness (QED) is 0.543. The van der Waals surface area contributed by atoms with Crippen LogP contribution in [0.1, 0.15) is 41.4 Å². The Labute approximate surface area is 161 Å². The molecule has 1 aromatic heterocycles. The van der Waals surface area contributed by atoms with Crippen molar-refractivity contribution in [3.05, 3.63) is 59.3 Å². The fourth-order valence-corrected chi connectivity index (χ4v) is 2.44. The van der Waals surface area contributed by atoms with Gasteiger partial charge in [0.25, 0.3) is 11.8 Å². The lowest BCUT2D eigenvalue weighted by Gasteiger charge is -2.18. The van der Waals surface area contributed by atoms with Gasteiger partial charge in [0.2, 0.25) is 0 Å². The van der Waals surface area contributed by atoms with E-state index in [0.29, 0.717) is 24.2 Å². The topological polar surface area (TPSA) is 112 Å². The normalized spacial score (nSPS) is 11.4. The molecular weight excluding hydrogens is 367 g/mol. The number of carbonyl (C=O) groups is 3. The van der Waals surface area contributed by atoms with Gasteiger partial charge in [-0.25, -0.2) is 9.18 Å². The van der Waals surface area contributed by atoms with Gasteiger partial charge in [0.1, 0.15) is 17.6 Å². The molecule has 0 spiro atoms. The van der Waals surface area contributed by atoms with Crippen LogP contribution < -0.4 is 21.5 Å². The van der Waals surface area contributed by atoms with Crippen molar-refractivity contribution >= 4 is 17.8 Å². The minimum atomic E-state index is -0.830. The zero-order valence-electron chi connectivity index (χ0n) is 15.7. The molecule has 4 N–H and O–H groups in total. The van der Waals surface area contributed by atoms with E-state index < -0.39 is 23.9 Å². The van der Waals surface area contributed by atoms with Crippen LogP contribution in [0.2, 0.25) is 0 Å². The van der Waals surface area contributed by atoms with Gasteiger partial charge in [-0.05, 0) is 37.1 Å². The molecule has 0 bridgehead atoms. The van der Waals surface area contributed by atoms with E-state index in [4.69, 9.17) is 4.42 Å². The molecule has 2 aromatic rings. The van der Waals surface area contributed by atoms with Gasteiger partial charge in [0, 0.05) is 6.54 Å². The highest BCUT2D eigenvalue weighted by molar-refractivity contribution is 5.97. The third kappa shape index (κ3) is 6.11.